The van der Waals surface area contributed by atoms with Gasteiger partial charge in [0.2, 0.25) is 11.1 Å². The van der Waals surface area contributed by atoms with E-state index in [1.165, 1.54) is 11.8 Å². The summed E-state index contributed by atoms with van der Waals surface area (Å²) < 4.78 is 12.0. The predicted molar refractivity (Wildman–Crippen MR) is 99.4 cm³/mol. The molecular weight excluding hydrogens is 378 g/mol. The fraction of sp³-hybridized carbons (Fsp3) is 0.438. The van der Waals surface area contributed by atoms with Gasteiger partial charge >= 0.3 is 0 Å². The summed E-state index contributed by atoms with van der Waals surface area (Å²) in [5.41, 5.74) is 4.20. The number of hydrogen-bond acceptors (Lipinski definition) is 7. The maximum atomic E-state index is 12.7. The number of amides is 1. The maximum Gasteiger partial charge on any atom is 0.236 e. The van der Waals surface area contributed by atoms with Gasteiger partial charge in [0.05, 0.1) is 24.8 Å². The molecule has 8 nitrogen and oxygen atoms in total. The molecule has 1 aliphatic rings. The molecule has 0 spiro atoms. The second-order valence-corrected chi connectivity index (χ2v) is 7.20. The molecule has 140 valence electrons. The van der Waals surface area contributed by atoms with Crippen LogP contribution in [0.3, 0.4) is 0 Å². The van der Waals surface area contributed by atoms with E-state index in [2.05, 4.69) is 20.9 Å². The number of rotatable bonds is 6. The number of hydrogen-bond donors (Lipinski definition) is 2. The molecule has 0 bridgehead atoms. The number of carbonyl (C=O) groups is 1. The Morgan fingerprint density at radius 2 is 2.23 bits per heavy atom. The first-order chi connectivity index (χ1) is 12.5. The van der Waals surface area contributed by atoms with Crippen molar-refractivity contribution in [2.45, 2.75) is 23.4 Å². The summed E-state index contributed by atoms with van der Waals surface area (Å²) in [5, 5.41) is 11.8. The van der Waals surface area contributed by atoms with Gasteiger partial charge in [0, 0.05) is 13.7 Å². The summed E-state index contributed by atoms with van der Waals surface area (Å²) in [4.78, 5) is 12.7. The Labute approximate surface area is 160 Å². The molecule has 0 aliphatic carbocycles. The van der Waals surface area contributed by atoms with Crippen molar-refractivity contribution in [3.63, 3.8) is 0 Å². The Morgan fingerprint density at radius 1 is 1.42 bits per heavy atom. The third kappa shape index (κ3) is 3.74. The first-order valence-electron chi connectivity index (χ1n) is 8.00. The van der Waals surface area contributed by atoms with E-state index in [4.69, 9.17) is 21.1 Å². The van der Waals surface area contributed by atoms with E-state index in [1.807, 2.05) is 13.0 Å². The number of aromatic nitrogens is 3. The molecule has 26 heavy (non-hydrogen) atoms. The molecule has 0 saturated carbocycles. The van der Waals surface area contributed by atoms with Gasteiger partial charge < -0.3 is 20.2 Å². The van der Waals surface area contributed by atoms with E-state index < -0.39 is 5.25 Å². The smallest absolute Gasteiger partial charge is 0.236 e. The minimum absolute atomic E-state index is 0.108. The van der Waals surface area contributed by atoms with Gasteiger partial charge in [-0.1, -0.05) is 29.4 Å². The molecule has 1 amide bonds. The highest BCUT2D eigenvalue weighted by molar-refractivity contribution is 8.00. The van der Waals surface area contributed by atoms with Gasteiger partial charge in [-0.25, -0.2) is 4.68 Å². The van der Waals surface area contributed by atoms with Crippen LogP contribution >= 0.6 is 23.4 Å². The van der Waals surface area contributed by atoms with E-state index >= 15 is 0 Å². The van der Waals surface area contributed by atoms with Gasteiger partial charge in [0.1, 0.15) is 16.8 Å². The highest BCUT2D eigenvalue weighted by atomic mass is 35.5. The number of ether oxygens (including phenoxy) is 2. The number of carbonyl (C=O) groups excluding carboxylic acids is 1. The fourth-order valence-corrected chi connectivity index (χ4v) is 4.08. The van der Waals surface area contributed by atoms with Crippen LogP contribution in [0.2, 0.25) is 5.02 Å². The molecule has 0 unspecified atom stereocenters. The maximum absolute atomic E-state index is 12.7. The lowest BCUT2D eigenvalue weighted by atomic mass is 10.0. The zero-order chi connectivity index (χ0) is 18.7. The molecule has 2 N–H and O–H groups in total. The van der Waals surface area contributed by atoms with Gasteiger partial charge in [-0.15, -0.1) is 10.2 Å². The molecule has 3 rings (SSSR count). The number of fused-ring (bicyclic) bond motifs is 1. The summed E-state index contributed by atoms with van der Waals surface area (Å²) in [6.45, 7) is 2.74. The van der Waals surface area contributed by atoms with Crippen molar-refractivity contribution >= 4 is 29.3 Å². The van der Waals surface area contributed by atoms with Crippen LogP contribution in [0.1, 0.15) is 17.4 Å². The van der Waals surface area contributed by atoms with Crippen LogP contribution in [0.15, 0.2) is 23.4 Å². The van der Waals surface area contributed by atoms with Crippen molar-refractivity contribution in [1.82, 2.24) is 20.2 Å². The highest BCUT2D eigenvalue weighted by Crippen LogP contribution is 2.38. The lowest BCUT2D eigenvalue weighted by Crippen LogP contribution is -2.44. The van der Waals surface area contributed by atoms with Crippen LogP contribution in [-0.2, 0) is 9.53 Å². The van der Waals surface area contributed by atoms with Gasteiger partial charge in [-0.05, 0) is 24.6 Å². The van der Waals surface area contributed by atoms with Crippen molar-refractivity contribution in [2.75, 3.05) is 32.8 Å². The second-order valence-electron chi connectivity index (χ2n) is 5.69. The largest absolute Gasteiger partial charge is 0.495 e. The normalized spacial score (nSPS) is 18.8. The quantitative estimate of drug-likeness (QED) is 0.718. The first-order valence-corrected chi connectivity index (χ1v) is 9.26. The van der Waals surface area contributed by atoms with E-state index in [0.29, 0.717) is 29.1 Å². The van der Waals surface area contributed by atoms with Gasteiger partial charge in [0.15, 0.2) is 0 Å². The predicted octanol–water partition coefficient (Wildman–Crippen LogP) is 1.77. The van der Waals surface area contributed by atoms with Crippen LogP contribution in [0.4, 0.5) is 0 Å². The molecule has 2 heterocycles. The molecule has 1 aromatic carbocycles. The minimum Gasteiger partial charge on any atom is -0.495 e. The standard InChI is InChI=1S/C16H20ClN5O3S/c1-9-19-20-16-22(9)21-13(10-4-5-12(25-3)11(17)8-10)14(26-16)15(23)18-6-7-24-2/h4-5,8,13-14,21H,6-7H2,1-3H3,(H,18,23)/t13-,14+/m0/s1. The van der Waals surface area contributed by atoms with E-state index in [-0.39, 0.29) is 11.9 Å². The summed E-state index contributed by atoms with van der Waals surface area (Å²) >= 11 is 7.64. The molecule has 1 aliphatic heterocycles. The average Bonchev–Trinajstić information content (AvgIpc) is 3.01. The van der Waals surface area contributed by atoms with E-state index in [1.54, 1.807) is 31.0 Å². The highest BCUT2D eigenvalue weighted by Gasteiger charge is 2.37. The second kappa shape index (κ2) is 8.15. The molecule has 2 aromatic rings. The number of nitrogens with zero attached hydrogens (tertiary/aromatic N) is 3. The topological polar surface area (TPSA) is 90.3 Å². The SMILES string of the molecule is COCCNC(=O)[C@@H]1Sc2nnc(C)n2N[C@H]1c1ccc(OC)c(Cl)c1. The van der Waals surface area contributed by atoms with Crippen LogP contribution in [0, 0.1) is 6.92 Å². The van der Waals surface area contributed by atoms with Crippen molar-refractivity contribution < 1.29 is 14.3 Å². The zero-order valence-corrected chi connectivity index (χ0v) is 16.2. The molecule has 10 heteroatoms. The van der Waals surface area contributed by atoms with Crippen LogP contribution in [0.25, 0.3) is 0 Å². The number of halogens is 1. The Hall–Kier alpha value is -1.97. The Balaban J connectivity index is 1.91. The Morgan fingerprint density at radius 3 is 2.92 bits per heavy atom. The number of methoxy groups -OCH3 is 2. The minimum atomic E-state index is -0.438. The average molecular weight is 398 g/mol. The molecule has 0 radical (unpaired) electrons. The van der Waals surface area contributed by atoms with Crippen molar-refractivity contribution in [3.8, 4) is 5.75 Å². The number of benzene rings is 1. The molecule has 0 saturated heterocycles. The third-order valence-corrected chi connectivity index (χ3v) is 5.51. The summed E-state index contributed by atoms with van der Waals surface area (Å²) in [6.07, 6.45) is 0. The van der Waals surface area contributed by atoms with Crippen LogP contribution in [-0.4, -0.2) is 53.4 Å². The molecule has 2 atom stereocenters. The Bertz CT molecular complexity index is 800. The number of thioether (sulfide) groups is 1. The molecular formula is C16H20ClN5O3S. The van der Waals surface area contributed by atoms with Gasteiger partial charge in [0.25, 0.3) is 0 Å². The summed E-state index contributed by atoms with van der Waals surface area (Å²) in [7, 11) is 3.16. The first kappa shape index (κ1) is 18.8. The van der Waals surface area contributed by atoms with Crippen molar-refractivity contribution in [3.05, 3.63) is 34.6 Å². The van der Waals surface area contributed by atoms with Crippen molar-refractivity contribution in [1.29, 1.82) is 0 Å². The zero-order valence-electron chi connectivity index (χ0n) is 14.7. The third-order valence-electron chi connectivity index (χ3n) is 4.00. The van der Waals surface area contributed by atoms with E-state index in [9.17, 15) is 4.79 Å². The lowest BCUT2D eigenvalue weighted by molar-refractivity contribution is -0.121. The van der Waals surface area contributed by atoms with Gasteiger partial charge in [-0.2, -0.15) is 0 Å². The summed E-state index contributed by atoms with van der Waals surface area (Å²) in [5.74, 6) is 1.19. The molecule has 1 aromatic heterocycles. The van der Waals surface area contributed by atoms with Crippen LogP contribution in [0.5, 0.6) is 5.75 Å². The summed E-state index contributed by atoms with van der Waals surface area (Å²) in [6, 6.07) is 5.17. The van der Waals surface area contributed by atoms with Crippen molar-refractivity contribution in [2.24, 2.45) is 0 Å². The number of aryl methyl sites for hydroxylation is 1. The number of nitrogens with one attached hydrogen (secondary N) is 2. The fourth-order valence-electron chi connectivity index (χ4n) is 2.66. The lowest BCUT2D eigenvalue weighted by Gasteiger charge is -2.32. The Kier molecular flexibility index (Phi) is 5.90. The monoisotopic (exact) mass is 397 g/mol. The van der Waals surface area contributed by atoms with E-state index in [0.717, 1.165) is 11.4 Å². The van der Waals surface area contributed by atoms with Gasteiger partial charge in [-0.3, -0.25) is 4.79 Å². The van der Waals surface area contributed by atoms with Crippen LogP contribution < -0.4 is 15.5 Å². The molecule has 0 fully saturated rings.